The largest absolute Gasteiger partial charge is 0.467 e. The van der Waals surface area contributed by atoms with Crippen LogP contribution in [0.3, 0.4) is 0 Å². The van der Waals surface area contributed by atoms with Crippen molar-refractivity contribution in [3.05, 3.63) is 35.8 Å². The Morgan fingerprint density at radius 1 is 1.52 bits per heavy atom. The Balaban J connectivity index is 1.54. The summed E-state index contributed by atoms with van der Waals surface area (Å²) >= 11 is 0. The Hall–Kier alpha value is -2.19. The summed E-state index contributed by atoms with van der Waals surface area (Å²) in [6.07, 6.45) is 1.43. The topological polar surface area (TPSA) is 87.5 Å². The first-order valence-corrected chi connectivity index (χ1v) is 8.55. The van der Waals surface area contributed by atoms with E-state index in [2.05, 4.69) is 33.9 Å². The molecule has 2 aromatic rings. The molecule has 1 aliphatic heterocycles. The summed E-state index contributed by atoms with van der Waals surface area (Å²) in [5.41, 5.74) is 0. The zero-order chi connectivity index (χ0) is 17.8. The Labute approximate surface area is 147 Å². The number of morpholine rings is 1. The van der Waals surface area contributed by atoms with E-state index in [1.54, 1.807) is 18.2 Å². The zero-order valence-corrected chi connectivity index (χ0v) is 14.9. The fraction of sp³-hybridized carbons (Fsp3) is 0.588. The molecule has 0 saturated carbocycles. The van der Waals surface area contributed by atoms with Gasteiger partial charge in [-0.25, -0.2) is 4.98 Å². The molecule has 1 atom stereocenters. The van der Waals surface area contributed by atoms with Crippen LogP contribution in [-0.2, 0) is 16.1 Å². The number of likely N-dealkylation sites (N-methyl/N-ethyl adjacent to an activating group) is 1. The minimum Gasteiger partial charge on any atom is -0.467 e. The monoisotopic (exact) mass is 347 g/mol. The number of rotatable bonds is 6. The average molecular weight is 347 g/mol. The molecular formula is C17H25N5O3. The highest BCUT2D eigenvalue weighted by Gasteiger charge is 2.27. The average Bonchev–Trinajstić information content (AvgIpc) is 3.26. The number of aromatic nitrogens is 3. The van der Waals surface area contributed by atoms with E-state index in [-0.39, 0.29) is 17.9 Å². The maximum Gasteiger partial charge on any atom is 0.236 e. The summed E-state index contributed by atoms with van der Waals surface area (Å²) in [7, 11) is 1.79. The molecule has 0 aromatic carbocycles. The van der Waals surface area contributed by atoms with Crippen LogP contribution in [0, 0.1) is 0 Å². The Morgan fingerprint density at radius 2 is 2.36 bits per heavy atom. The number of carbonyl (C=O) groups excluding carboxylic acids is 1. The quantitative estimate of drug-likeness (QED) is 0.853. The molecular weight excluding hydrogens is 322 g/mol. The smallest absolute Gasteiger partial charge is 0.236 e. The van der Waals surface area contributed by atoms with Crippen LogP contribution in [0.2, 0.25) is 0 Å². The number of amides is 1. The van der Waals surface area contributed by atoms with Crippen molar-refractivity contribution >= 4 is 5.91 Å². The lowest BCUT2D eigenvalue weighted by molar-refractivity contribution is -0.134. The van der Waals surface area contributed by atoms with Gasteiger partial charge in [0.15, 0.2) is 11.6 Å². The molecule has 0 aliphatic carbocycles. The van der Waals surface area contributed by atoms with E-state index in [4.69, 9.17) is 9.15 Å². The van der Waals surface area contributed by atoms with Crippen LogP contribution in [0.15, 0.2) is 22.8 Å². The minimum atomic E-state index is -0.183. The molecule has 0 unspecified atom stereocenters. The van der Waals surface area contributed by atoms with Gasteiger partial charge in [-0.05, 0) is 12.1 Å². The lowest BCUT2D eigenvalue weighted by Gasteiger charge is -2.32. The fourth-order valence-electron chi connectivity index (χ4n) is 2.74. The summed E-state index contributed by atoms with van der Waals surface area (Å²) in [6.45, 7) is 6.83. The second-order valence-electron chi connectivity index (χ2n) is 6.66. The van der Waals surface area contributed by atoms with Crippen molar-refractivity contribution in [1.29, 1.82) is 0 Å². The predicted molar refractivity (Wildman–Crippen MR) is 90.8 cm³/mol. The molecule has 1 fully saturated rings. The molecule has 1 amide bonds. The van der Waals surface area contributed by atoms with Crippen molar-refractivity contribution in [2.75, 3.05) is 33.3 Å². The lowest BCUT2D eigenvalue weighted by atomic mass is 10.2. The van der Waals surface area contributed by atoms with Gasteiger partial charge in [0.1, 0.15) is 11.9 Å². The maximum atomic E-state index is 12.4. The summed E-state index contributed by atoms with van der Waals surface area (Å²) < 4.78 is 11.1. The normalized spacial score (nSPS) is 18.6. The molecule has 3 rings (SSSR count). The molecule has 0 radical (unpaired) electrons. The van der Waals surface area contributed by atoms with E-state index in [0.717, 1.165) is 24.0 Å². The zero-order valence-electron chi connectivity index (χ0n) is 14.9. The highest BCUT2D eigenvalue weighted by molar-refractivity contribution is 5.77. The first-order valence-electron chi connectivity index (χ1n) is 8.55. The number of carbonyl (C=O) groups is 1. The molecule has 8 heteroatoms. The molecule has 1 saturated heterocycles. The van der Waals surface area contributed by atoms with Crippen LogP contribution in [-0.4, -0.2) is 64.2 Å². The molecule has 0 spiro atoms. The Bertz CT molecular complexity index is 682. The summed E-state index contributed by atoms with van der Waals surface area (Å²) in [4.78, 5) is 20.7. The Morgan fingerprint density at radius 3 is 3.04 bits per heavy atom. The first-order chi connectivity index (χ1) is 12.0. The molecule has 2 aromatic heterocycles. The standard InChI is InChI=1S/C17H25N5O3/c1-12(2)16-18-17(20-19-16)14-10-22(6-8-25-14)11-15(23)21(3)9-13-5-4-7-24-13/h4-5,7,12,14H,6,8-11H2,1-3H3,(H,18,19,20)/t14-/m0/s1. The van der Waals surface area contributed by atoms with Gasteiger partial charge in [-0.15, -0.1) is 0 Å². The highest BCUT2D eigenvalue weighted by Crippen LogP contribution is 2.20. The van der Waals surface area contributed by atoms with E-state index in [0.29, 0.717) is 26.2 Å². The van der Waals surface area contributed by atoms with Crippen LogP contribution in [0.4, 0.5) is 0 Å². The van der Waals surface area contributed by atoms with E-state index < -0.39 is 0 Å². The van der Waals surface area contributed by atoms with Gasteiger partial charge in [-0.3, -0.25) is 14.8 Å². The van der Waals surface area contributed by atoms with E-state index in [1.807, 2.05) is 12.1 Å². The van der Waals surface area contributed by atoms with Gasteiger partial charge < -0.3 is 14.1 Å². The van der Waals surface area contributed by atoms with Gasteiger partial charge >= 0.3 is 0 Å². The fourth-order valence-corrected chi connectivity index (χ4v) is 2.74. The van der Waals surface area contributed by atoms with E-state index in [9.17, 15) is 4.79 Å². The van der Waals surface area contributed by atoms with Gasteiger partial charge in [0, 0.05) is 26.1 Å². The number of aromatic amines is 1. The van der Waals surface area contributed by atoms with Crippen molar-refractivity contribution in [2.24, 2.45) is 0 Å². The second kappa shape index (κ2) is 7.79. The molecule has 1 aliphatic rings. The maximum absolute atomic E-state index is 12.4. The number of furan rings is 1. The molecule has 8 nitrogen and oxygen atoms in total. The third-order valence-corrected chi connectivity index (χ3v) is 4.25. The van der Waals surface area contributed by atoms with Crippen molar-refractivity contribution in [3.8, 4) is 0 Å². The summed E-state index contributed by atoms with van der Waals surface area (Å²) in [5, 5.41) is 7.19. The van der Waals surface area contributed by atoms with Crippen LogP contribution >= 0.6 is 0 Å². The molecule has 3 heterocycles. The van der Waals surface area contributed by atoms with Crippen LogP contribution in [0.25, 0.3) is 0 Å². The number of hydrogen-bond donors (Lipinski definition) is 1. The number of H-pyrrole nitrogens is 1. The third kappa shape index (κ3) is 4.46. The van der Waals surface area contributed by atoms with Crippen LogP contribution in [0.5, 0.6) is 0 Å². The van der Waals surface area contributed by atoms with Gasteiger partial charge in [0.25, 0.3) is 0 Å². The van der Waals surface area contributed by atoms with Crippen LogP contribution in [0.1, 0.15) is 43.3 Å². The van der Waals surface area contributed by atoms with Gasteiger partial charge in [0.05, 0.1) is 26.0 Å². The van der Waals surface area contributed by atoms with Crippen molar-refractivity contribution in [1.82, 2.24) is 25.0 Å². The molecule has 136 valence electrons. The molecule has 25 heavy (non-hydrogen) atoms. The number of nitrogens with one attached hydrogen (secondary N) is 1. The van der Waals surface area contributed by atoms with E-state index in [1.165, 1.54) is 0 Å². The summed E-state index contributed by atoms with van der Waals surface area (Å²) in [5.74, 6) is 2.60. The van der Waals surface area contributed by atoms with Gasteiger partial charge in [0.2, 0.25) is 5.91 Å². The second-order valence-corrected chi connectivity index (χ2v) is 6.66. The van der Waals surface area contributed by atoms with Gasteiger partial charge in [-0.1, -0.05) is 13.8 Å². The van der Waals surface area contributed by atoms with Crippen molar-refractivity contribution in [2.45, 2.75) is 32.4 Å². The minimum absolute atomic E-state index is 0.0532. The SMILES string of the molecule is CC(C)c1n[nH]c([C@@H]2CN(CC(=O)N(C)Cc3ccco3)CCO2)n1. The summed E-state index contributed by atoms with van der Waals surface area (Å²) in [6, 6.07) is 3.69. The predicted octanol–water partition coefficient (Wildman–Crippen LogP) is 1.55. The Kier molecular flexibility index (Phi) is 5.50. The number of nitrogens with zero attached hydrogens (tertiary/aromatic N) is 4. The van der Waals surface area contributed by atoms with Gasteiger partial charge in [-0.2, -0.15) is 5.10 Å². The number of ether oxygens (including phenoxy) is 1. The highest BCUT2D eigenvalue weighted by atomic mass is 16.5. The van der Waals surface area contributed by atoms with Crippen LogP contribution < -0.4 is 0 Å². The molecule has 0 bridgehead atoms. The van der Waals surface area contributed by atoms with Crippen molar-refractivity contribution < 1.29 is 13.9 Å². The third-order valence-electron chi connectivity index (χ3n) is 4.25. The van der Waals surface area contributed by atoms with E-state index >= 15 is 0 Å². The first kappa shape index (κ1) is 17.6. The number of hydrogen-bond acceptors (Lipinski definition) is 6. The molecule has 1 N–H and O–H groups in total. The lowest BCUT2D eigenvalue weighted by Crippen LogP contribution is -2.44. The van der Waals surface area contributed by atoms with Crippen molar-refractivity contribution in [3.63, 3.8) is 0 Å².